The van der Waals surface area contributed by atoms with Gasteiger partial charge < -0.3 is 9.64 Å². The van der Waals surface area contributed by atoms with Crippen molar-refractivity contribution in [3.8, 4) is 0 Å². The Morgan fingerprint density at radius 2 is 2.24 bits per heavy atom. The molecule has 114 valence electrons. The zero-order valence-electron chi connectivity index (χ0n) is 12.5. The minimum absolute atomic E-state index is 0.0827. The second kappa shape index (κ2) is 6.22. The average molecular weight is 292 g/mol. The number of ether oxygens (including phenoxy) is 1. The van der Waals surface area contributed by atoms with Crippen molar-refractivity contribution < 1.29 is 14.5 Å². The number of nitro groups is 1. The number of morpholine rings is 1. The van der Waals surface area contributed by atoms with Crippen LogP contribution in [0.3, 0.4) is 0 Å². The molecular weight excluding hydrogens is 272 g/mol. The number of hydrogen-bond acceptors (Lipinski definition) is 5. The van der Waals surface area contributed by atoms with E-state index in [0.717, 1.165) is 12.1 Å². The monoisotopic (exact) mass is 292 g/mol. The first-order valence-electron chi connectivity index (χ1n) is 7.11. The predicted octanol–water partition coefficient (Wildman–Crippen LogP) is 2.80. The number of carbonyl (C=O) groups is 1. The summed E-state index contributed by atoms with van der Waals surface area (Å²) in [5, 5.41) is 11.2. The molecule has 1 aliphatic rings. The van der Waals surface area contributed by atoms with Crippen molar-refractivity contribution >= 4 is 17.2 Å². The largest absolute Gasteiger partial charge is 0.375 e. The highest BCUT2D eigenvalue weighted by atomic mass is 16.6. The molecule has 2 atom stereocenters. The van der Waals surface area contributed by atoms with E-state index in [-0.39, 0.29) is 29.2 Å². The highest BCUT2D eigenvalue weighted by Gasteiger charge is 2.28. The van der Waals surface area contributed by atoms with Gasteiger partial charge in [0.15, 0.2) is 5.78 Å². The topological polar surface area (TPSA) is 72.7 Å². The Bertz CT molecular complexity index is 559. The quantitative estimate of drug-likeness (QED) is 0.484. The molecule has 2 unspecified atom stereocenters. The van der Waals surface area contributed by atoms with E-state index >= 15 is 0 Å². The highest BCUT2D eigenvalue weighted by molar-refractivity contribution is 5.98. The summed E-state index contributed by atoms with van der Waals surface area (Å²) in [6, 6.07) is 5.02. The number of nitrogens with zero attached hydrogens (tertiary/aromatic N) is 2. The molecule has 0 radical (unpaired) electrons. The fourth-order valence-electron chi connectivity index (χ4n) is 2.65. The van der Waals surface area contributed by atoms with Crippen molar-refractivity contribution in [3.05, 3.63) is 33.9 Å². The van der Waals surface area contributed by atoms with Gasteiger partial charge in [-0.1, -0.05) is 6.92 Å². The van der Waals surface area contributed by atoms with Gasteiger partial charge in [-0.3, -0.25) is 14.9 Å². The highest BCUT2D eigenvalue weighted by Crippen LogP contribution is 2.29. The van der Waals surface area contributed by atoms with Crippen molar-refractivity contribution in [3.63, 3.8) is 0 Å². The summed E-state index contributed by atoms with van der Waals surface area (Å²) in [6.45, 7) is 6.69. The van der Waals surface area contributed by atoms with Crippen LogP contribution in [0.2, 0.25) is 0 Å². The van der Waals surface area contributed by atoms with Crippen molar-refractivity contribution in [2.45, 2.75) is 39.3 Å². The van der Waals surface area contributed by atoms with Crippen LogP contribution in [0, 0.1) is 10.1 Å². The average Bonchev–Trinajstić information content (AvgIpc) is 2.46. The lowest BCUT2D eigenvalue weighted by molar-refractivity contribution is -0.385. The molecule has 1 aromatic rings. The van der Waals surface area contributed by atoms with Crippen LogP contribution in [0.1, 0.15) is 37.6 Å². The fraction of sp³-hybridized carbons (Fsp3) is 0.533. The van der Waals surface area contributed by atoms with E-state index in [0.29, 0.717) is 13.2 Å². The van der Waals surface area contributed by atoms with Gasteiger partial charge in [-0.05, 0) is 32.4 Å². The Hall–Kier alpha value is -1.95. The number of ketones is 1. The van der Waals surface area contributed by atoms with Crippen LogP contribution in [0.25, 0.3) is 0 Å². The molecule has 1 aromatic carbocycles. The smallest absolute Gasteiger partial charge is 0.282 e. The number of nitro benzene ring substituents is 1. The molecule has 0 spiro atoms. The Morgan fingerprint density at radius 3 is 2.81 bits per heavy atom. The van der Waals surface area contributed by atoms with Gasteiger partial charge in [0.25, 0.3) is 5.69 Å². The molecule has 0 aromatic heterocycles. The molecule has 1 fully saturated rings. The Kier molecular flexibility index (Phi) is 4.57. The van der Waals surface area contributed by atoms with E-state index in [9.17, 15) is 14.9 Å². The van der Waals surface area contributed by atoms with Gasteiger partial charge in [-0.15, -0.1) is 0 Å². The lowest BCUT2D eigenvalue weighted by Crippen LogP contribution is -2.48. The zero-order chi connectivity index (χ0) is 15.6. The molecular formula is C15H20N2O4. The van der Waals surface area contributed by atoms with Gasteiger partial charge in [0.2, 0.25) is 0 Å². The van der Waals surface area contributed by atoms with Crippen molar-refractivity contribution in [1.29, 1.82) is 0 Å². The SMILES string of the molecule is CCC1COC(C)CN1c1ccc(C(C)=O)c([N+](=O)[O-])c1. The summed E-state index contributed by atoms with van der Waals surface area (Å²) in [6.07, 6.45) is 0.981. The summed E-state index contributed by atoms with van der Waals surface area (Å²) in [5.74, 6) is -0.296. The van der Waals surface area contributed by atoms with Gasteiger partial charge in [0.05, 0.1) is 29.2 Å². The normalized spacial score (nSPS) is 22.1. The standard InChI is InChI=1S/C15H20N2O4/c1-4-12-9-21-10(2)8-16(12)13-5-6-14(11(3)18)15(7-13)17(19)20/h5-7,10,12H,4,8-9H2,1-3H3. The summed E-state index contributed by atoms with van der Waals surface area (Å²) in [7, 11) is 0. The van der Waals surface area contributed by atoms with Gasteiger partial charge in [0.1, 0.15) is 0 Å². The number of Topliss-reactive ketones (excluding diaryl/α,β-unsaturated/α-hetero) is 1. The number of anilines is 1. The zero-order valence-corrected chi connectivity index (χ0v) is 12.5. The maximum atomic E-state index is 11.5. The summed E-state index contributed by atoms with van der Waals surface area (Å²) >= 11 is 0. The Balaban J connectivity index is 2.41. The number of carbonyl (C=O) groups excluding carboxylic acids is 1. The molecule has 2 rings (SSSR count). The van der Waals surface area contributed by atoms with Crippen LogP contribution in [0.5, 0.6) is 0 Å². The van der Waals surface area contributed by atoms with Crippen LogP contribution in [0.4, 0.5) is 11.4 Å². The molecule has 0 saturated carbocycles. The molecule has 0 aliphatic carbocycles. The third-order valence-electron chi connectivity index (χ3n) is 3.83. The van der Waals surface area contributed by atoms with E-state index in [1.807, 2.05) is 6.92 Å². The summed E-state index contributed by atoms with van der Waals surface area (Å²) in [5.41, 5.74) is 0.792. The third kappa shape index (κ3) is 3.21. The van der Waals surface area contributed by atoms with E-state index in [2.05, 4.69) is 11.8 Å². The maximum absolute atomic E-state index is 11.5. The third-order valence-corrected chi connectivity index (χ3v) is 3.83. The maximum Gasteiger partial charge on any atom is 0.282 e. The van der Waals surface area contributed by atoms with E-state index < -0.39 is 4.92 Å². The molecule has 0 amide bonds. The summed E-state index contributed by atoms with van der Waals surface area (Å²) in [4.78, 5) is 24.3. The Labute approximate surface area is 123 Å². The van der Waals surface area contributed by atoms with Crippen LogP contribution in [-0.4, -0.2) is 36.0 Å². The number of benzene rings is 1. The van der Waals surface area contributed by atoms with Crippen LogP contribution < -0.4 is 4.90 Å². The lowest BCUT2D eigenvalue weighted by Gasteiger charge is -2.40. The molecule has 1 aliphatic heterocycles. The first-order chi connectivity index (χ1) is 9.93. The molecule has 6 nitrogen and oxygen atoms in total. The molecule has 0 N–H and O–H groups in total. The van der Waals surface area contributed by atoms with Crippen molar-refractivity contribution in [2.75, 3.05) is 18.1 Å². The van der Waals surface area contributed by atoms with Gasteiger partial charge in [-0.25, -0.2) is 0 Å². The number of hydrogen-bond donors (Lipinski definition) is 0. The van der Waals surface area contributed by atoms with Gasteiger partial charge in [-0.2, -0.15) is 0 Å². The van der Waals surface area contributed by atoms with E-state index in [1.54, 1.807) is 12.1 Å². The van der Waals surface area contributed by atoms with E-state index in [4.69, 9.17) is 4.74 Å². The molecule has 21 heavy (non-hydrogen) atoms. The van der Waals surface area contributed by atoms with Crippen LogP contribution >= 0.6 is 0 Å². The van der Waals surface area contributed by atoms with Crippen molar-refractivity contribution in [2.24, 2.45) is 0 Å². The van der Waals surface area contributed by atoms with Crippen LogP contribution in [0.15, 0.2) is 18.2 Å². The molecule has 1 saturated heterocycles. The lowest BCUT2D eigenvalue weighted by atomic mass is 10.1. The number of rotatable bonds is 4. The van der Waals surface area contributed by atoms with Crippen LogP contribution in [-0.2, 0) is 4.74 Å². The van der Waals surface area contributed by atoms with E-state index in [1.165, 1.54) is 13.0 Å². The molecule has 6 heteroatoms. The minimum atomic E-state index is -0.495. The predicted molar refractivity (Wildman–Crippen MR) is 79.9 cm³/mol. The molecule has 1 heterocycles. The summed E-state index contributed by atoms with van der Waals surface area (Å²) < 4.78 is 5.64. The van der Waals surface area contributed by atoms with Gasteiger partial charge in [0, 0.05) is 18.3 Å². The second-order valence-electron chi connectivity index (χ2n) is 5.37. The van der Waals surface area contributed by atoms with Gasteiger partial charge >= 0.3 is 0 Å². The Morgan fingerprint density at radius 1 is 1.52 bits per heavy atom. The first kappa shape index (κ1) is 15.4. The first-order valence-corrected chi connectivity index (χ1v) is 7.11. The second-order valence-corrected chi connectivity index (χ2v) is 5.37. The molecule has 0 bridgehead atoms. The van der Waals surface area contributed by atoms with Crippen molar-refractivity contribution in [1.82, 2.24) is 0 Å². The fourth-order valence-corrected chi connectivity index (χ4v) is 2.65. The minimum Gasteiger partial charge on any atom is -0.375 e.